The molecule has 6 nitrogen and oxygen atoms in total. The second kappa shape index (κ2) is 3.60. The molecular formula is C9H14N4O2. The lowest BCUT2D eigenvalue weighted by molar-refractivity contribution is -0.156. The molecule has 1 aromatic heterocycles. The summed E-state index contributed by atoms with van der Waals surface area (Å²) in [5.41, 5.74) is -0.626. The van der Waals surface area contributed by atoms with Crippen LogP contribution in [0.2, 0.25) is 0 Å². The third kappa shape index (κ3) is 1.60. The Morgan fingerprint density at radius 2 is 2.33 bits per heavy atom. The zero-order valence-electron chi connectivity index (χ0n) is 8.68. The molecule has 82 valence electrons. The van der Waals surface area contributed by atoms with E-state index in [9.17, 15) is 4.79 Å². The number of carboxylic acid groups (broad SMARTS) is 1. The van der Waals surface area contributed by atoms with Crippen molar-refractivity contribution in [2.75, 3.05) is 0 Å². The third-order valence-electron chi connectivity index (χ3n) is 3.14. The van der Waals surface area contributed by atoms with Crippen molar-refractivity contribution >= 4 is 5.97 Å². The Hall–Kier alpha value is -1.46. The lowest BCUT2D eigenvalue weighted by Crippen LogP contribution is -2.42. The van der Waals surface area contributed by atoms with Gasteiger partial charge in [-0.2, -0.15) is 0 Å². The van der Waals surface area contributed by atoms with Gasteiger partial charge in [-0.05, 0) is 23.3 Å². The van der Waals surface area contributed by atoms with Crippen LogP contribution in [0.1, 0.15) is 32.0 Å². The van der Waals surface area contributed by atoms with Crippen LogP contribution in [-0.4, -0.2) is 31.3 Å². The van der Waals surface area contributed by atoms with Crippen molar-refractivity contribution in [3.8, 4) is 0 Å². The Kier molecular flexibility index (Phi) is 2.42. The Morgan fingerprint density at radius 1 is 1.60 bits per heavy atom. The standard InChI is InChI=1S/C9H14N4O2/c1-2-7-10-11-12-13(7)6-9(8(14)15)4-3-5-9/h2-6H2,1H3,(H,14,15). The minimum atomic E-state index is -0.730. The summed E-state index contributed by atoms with van der Waals surface area (Å²) in [6, 6.07) is 0. The van der Waals surface area contributed by atoms with Gasteiger partial charge in [0.25, 0.3) is 0 Å². The molecule has 2 rings (SSSR count). The van der Waals surface area contributed by atoms with Crippen molar-refractivity contribution in [1.82, 2.24) is 20.2 Å². The van der Waals surface area contributed by atoms with Gasteiger partial charge in [0.15, 0.2) is 5.82 Å². The minimum absolute atomic E-state index is 0.401. The highest BCUT2D eigenvalue weighted by atomic mass is 16.4. The van der Waals surface area contributed by atoms with Gasteiger partial charge in [0.05, 0.1) is 12.0 Å². The predicted molar refractivity (Wildman–Crippen MR) is 51.1 cm³/mol. The molecule has 1 saturated carbocycles. The molecule has 1 aliphatic rings. The van der Waals surface area contributed by atoms with Gasteiger partial charge < -0.3 is 5.11 Å². The first kappa shape index (κ1) is 10.1. The number of hydrogen-bond donors (Lipinski definition) is 1. The van der Waals surface area contributed by atoms with Crippen molar-refractivity contribution in [2.24, 2.45) is 5.41 Å². The summed E-state index contributed by atoms with van der Waals surface area (Å²) in [6.45, 7) is 2.36. The van der Waals surface area contributed by atoms with E-state index in [0.29, 0.717) is 6.54 Å². The summed E-state index contributed by atoms with van der Waals surface area (Å²) >= 11 is 0. The summed E-state index contributed by atoms with van der Waals surface area (Å²) in [5.74, 6) is 0.0221. The molecule has 0 aromatic carbocycles. The van der Waals surface area contributed by atoms with Crippen molar-refractivity contribution in [3.63, 3.8) is 0 Å². The van der Waals surface area contributed by atoms with Crippen molar-refractivity contribution < 1.29 is 9.90 Å². The SMILES string of the molecule is CCc1nnnn1CC1(C(=O)O)CCC1. The molecule has 15 heavy (non-hydrogen) atoms. The van der Waals surface area contributed by atoms with Crippen LogP contribution in [0.4, 0.5) is 0 Å². The molecule has 1 aromatic rings. The Balaban J connectivity index is 2.17. The fraction of sp³-hybridized carbons (Fsp3) is 0.778. The minimum Gasteiger partial charge on any atom is -0.481 e. The first-order valence-electron chi connectivity index (χ1n) is 5.16. The Bertz CT molecular complexity index is 370. The lowest BCUT2D eigenvalue weighted by Gasteiger charge is -2.37. The van der Waals surface area contributed by atoms with Crippen LogP contribution in [-0.2, 0) is 17.8 Å². The lowest BCUT2D eigenvalue weighted by atomic mass is 9.69. The van der Waals surface area contributed by atoms with E-state index in [1.54, 1.807) is 4.68 Å². The van der Waals surface area contributed by atoms with Crippen molar-refractivity contribution in [3.05, 3.63) is 5.82 Å². The third-order valence-corrected chi connectivity index (χ3v) is 3.14. The molecule has 0 unspecified atom stereocenters. The van der Waals surface area contributed by atoms with Gasteiger partial charge in [-0.1, -0.05) is 13.3 Å². The molecule has 0 aliphatic heterocycles. The van der Waals surface area contributed by atoms with Crippen LogP contribution in [0.25, 0.3) is 0 Å². The maximum Gasteiger partial charge on any atom is 0.311 e. The number of carbonyl (C=O) groups is 1. The summed E-state index contributed by atoms with van der Waals surface area (Å²) in [5, 5.41) is 20.4. The highest BCUT2D eigenvalue weighted by molar-refractivity contribution is 5.75. The van der Waals surface area contributed by atoms with E-state index in [-0.39, 0.29) is 0 Å². The molecule has 0 amide bonds. The molecule has 0 saturated heterocycles. The number of aromatic nitrogens is 4. The molecule has 6 heteroatoms. The Labute approximate surface area is 87.3 Å². The van der Waals surface area contributed by atoms with Crippen LogP contribution in [0.3, 0.4) is 0 Å². The van der Waals surface area contributed by atoms with Crippen molar-refractivity contribution in [2.45, 2.75) is 39.2 Å². The Morgan fingerprint density at radius 3 is 2.80 bits per heavy atom. The number of aliphatic carboxylic acids is 1. The molecular weight excluding hydrogens is 196 g/mol. The molecule has 0 spiro atoms. The summed E-state index contributed by atoms with van der Waals surface area (Å²) in [7, 11) is 0. The van der Waals surface area contributed by atoms with Gasteiger partial charge in [0, 0.05) is 6.42 Å². The molecule has 1 heterocycles. The average molecular weight is 210 g/mol. The van der Waals surface area contributed by atoms with E-state index in [0.717, 1.165) is 31.5 Å². The average Bonchev–Trinajstić information content (AvgIpc) is 2.57. The highest BCUT2D eigenvalue weighted by Crippen LogP contribution is 2.42. The van der Waals surface area contributed by atoms with Gasteiger partial charge in [-0.15, -0.1) is 5.10 Å². The predicted octanol–water partition coefficient (Wildman–Crippen LogP) is 0.490. The maximum absolute atomic E-state index is 11.1. The first-order valence-corrected chi connectivity index (χ1v) is 5.16. The molecule has 1 fully saturated rings. The number of nitrogens with zero attached hydrogens (tertiary/aromatic N) is 4. The van der Waals surface area contributed by atoms with E-state index in [1.165, 1.54) is 0 Å². The number of tetrazole rings is 1. The van der Waals surface area contributed by atoms with Crippen LogP contribution in [0, 0.1) is 5.41 Å². The maximum atomic E-state index is 11.1. The van der Waals surface area contributed by atoms with Gasteiger partial charge in [0.1, 0.15) is 0 Å². The molecule has 1 N–H and O–H groups in total. The number of carboxylic acids is 1. The van der Waals surface area contributed by atoms with Crippen LogP contribution >= 0.6 is 0 Å². The van der Waals surface area contributed by atoms with Gasteiger partial charge in [-0.25, -0.2) is 4.68 Å². The van der Waals surface area contributed by atoms with E-state index < -0.39 is 11.4 Å². The second-order valence-corrected chi connectivity index (χ2v) is 4.05. The van der Waals surface area contributed by atoms with E-state index in [1.807, 2.05) is 6.92 Å². The topological polar surface area (TPSA) is 80.9 Å². The number of rotatable bonds is 4. The van der Waals surface area contributed by atoms with Gasteiger partial charge in [0.2, 0.25) is 0 Å². The smallest absolute Gasteiger partial charge is 0.311 e. The monoisotopic (exact) mass is 210 g/mol. The zero-order chi connectivity index (χ0) is 10.9. The zero-order valence-corrected chi connectivity index (χ0v) is 8.68. The summed E-state index contributed by atoms with van der Waals surface area (Å²) in [4.78, 5) is 11.1. The highest BCUT2D eigenvalue weighted by Gasteiger charge is 2.45. The second-order valence-electron chi connectivity index (χ2n) is 4.05. The van der Waals surface area contributed by atoms with Gasteiger partial charge >= 0.3 is 5.97 Å². The number of aryl methyl sites for hydroxylation is 1. The summed E-state index contributed by atoms with van der Waals surface area (Å²) < 4.78 is 1.62. The van der Waals surface area contributed by atoms with Crippen LogP contribution in [0.15, 0.2) is 0 Å². The van der Waals surface area contributed by atoms with E-state index in [4.69, 9.17) is 5.11 Å². The summed E-state index contributed by atoms with van der Waals surface area (Å²) in [6.07, 6.45) is 3.16. The normalized spacial score (nSPS) is 18.5. The van der Waals surface area contributed by atoms with Crippen LogP contribution in [0.5, 0.6) is 0 Å². The van der Waals surface area contributed by atoms with E-state index >= 15 is 0 Å². The largest absolute Gasteiger partial charge is 0.481 e. The first-order chi connectivity index (χ1) is 7.18. The molecule has 1 aliphatic carbocycles. The van der Waals surface area contributed by atoms with Crippen LogP contribution < -0.4 is 0 Å². The molecule has 0 atom stereocenters. The fourth-order valence-corrected chi connectivity index (χ4v) is 1.93. The number of hydrogen-bond acceptors (Lipinski definition) is 4. The quantitative estimate of drug-likeness (QED) is 0.782. The molecule has 0 radical (unpaired) electrons. The fourth-order valence-electron chi connectivity index (χ4n) is 1.93. The van der Waals surface area contributed by atoms with E-state index in [2.05, 4.69) is 15.5 Å². The van der Waals surface area contributed by atoms with Crippen molar-refractivity contribution in [1.29, 1.82) is 0 Å². The van der Waals surface area contributed by atoms with Gasteiger partial charge in [-0.3, -0.25) is 4.79 Å². The molecule has 0 bridgehead atoms.